The van der Waals surface area contributed by atoms with Crippen molar-refractivity contribution in [3.63, 3.8) is 0 Å². The van der Waals surface area contributed by atoms with Gasteiger partial charge in [-0.1, -0.05) is 33.8 Å². The lowest BCUT2D eigenvalue weighted by Gasteiger charge is -2.46. The van der Waals surface area contributed by atoms with E-state index in [4.69, 9.17) is 0 Å². The molecule has 3 aromatic rings. The number of hydrogen-bond donors (Lipinski definition) is 3. The number of aromatic nitrogens is 2. The highest BCUT2D eigenvalue weighted by atomic mass is 32.3. The molecule has 11 nitrogen and oxygen atoms in total. The van der Waals surface area contributed by atoms with E-state index in [2.05, 4.69) is 43.5 Å². The van der Waals surface area contributed by atoms with Crippen LogP contribution >= 0.6 is 22.1 Å². The summed E-state index contributed by atoms with van der Waals surface area (Å²) >= 11 is 1.60. The van der Waals surface area contributed by atoms with E-state index in [9.17, 15) is 31.9 Å². The van der Waals surface area contributed by atoms with E-state index in [1.165, 1.54) is 12.1 Å². The van der Waals surface area contributed by atoms with Crippen molar-refractivity contribution in [1.29, 1.82) is 0 Å². The standard InChI is InChI=1S/C16H20F3N3O3S2.C10H14N2O.C5H10O2.C2H6/c1-11-12(2)26-15(20-11)21-7-9-22(10-8-21)27(23,24)14-5-3-13(4-6-14)25-16(17,18)19;1-8(2)10-4-3-9(6-12-10)5-11-7-13;1-5(2,3)7-4-6;1-2/h3-6,23-24H,7-10H2,1-2H3;3-4,6-8H,5H2,1-2H3,(H,11,13);4H,1-3H3;1-2H3. The molecular weight excluding hydrogens is 684 g/mol. The van der Waals surface area contributed by atoms with E-state index in [-0.39, 0.29) is 10.5 Å². The molecule has 1 aliphatic heterocycles. The molecule has 276 valence electrons. The Labute approximate surface area is 293 Å². The van der Waals surface area contributed by atoms with Gasteiger partial charge in [0.2, 0.25) is 6.41 Å². The zero-order chi connectivity index (χ0) is 37.4. The fraction of sp³-hybridized carbons (Fsp3) is 0.515. The van der Waals surface area contributed by atoms with Gasteiger partial charge in [-0.15, -0.1) is 35.3 Å². The topological polar surface area (TPSA) is 137 Å². The molecule has 3 heterocycles. The Hall–Kier alpha value is -3.44. The first kappa shape index (κ1) is 43.6. The minimum Gasteiger partial charge on any atom is -0.462 e. The van der Waals surface area contributed by atoms with Crippen molar-refractivity contribution in [3.8, 4) is 5.75 Å². The van der Waals surface area contributed by atoms with Crippen molar-refractivity contribution in [2.24, 2.45) is 0 Å². The molecule has 0 spiro atoms. The molecule has 1 aromatic carbocycles. The number of alkyl halides is 3. The van der Waals surface area contributed by atoms with Gasteiger partial charge >= 0.3 is 6.36 Å². The SMILES string of the molecule is CC.CC(C)(C)OC=O.CC(C)c1ccc(CNC=O)cn1.Cc1nc(N2CCN(S(O)(O)c3ccc(OC(F)(F)F)cc3)CC2)sc1C. The van der Waals surface area contributed by atoms with Crippen LogP contribution in [0.15, 0.2) is 47.5 Å². The summed E-state index contributed by atoms with van der Waals surface area (Å²) in [7, 11) is -3.28. The summed E-state index contributed by atoms with van der Waals surface area (Å²) < 4.78 is 67.8. The second-order valence-electron chi connectivity index (χ2n) is 11.7. The summed E-state index contributed by atoms with van der Waals surface area (Å²) in [6.45, 7) is 20.6. The predicted octanol–water partition coefficient (Wildman–Crippen LogP) is 7.94. The molecule has 49 heavy (non-hydrogen) atoms. The van der Waals surface area contributed by atoms with E-state index < -0.39 is 22.9 Å². The van der Waals surface area contributed by atoms with Gasteiger partial charge < -0.3 is 19.7 Å². The Bertz CT molecular complexity index is 1370. The molecule has 16 heteroatoms. The molecule has 0 bridgehead atoms. The number of anilines is 1. The third kappa shape index (κ3) is 15.8. The Morgan fingerprint density at radius 2 is 1.59 bits per heavy atom. The van der Waals surface area contributed by atoms with Crippen LogP contribution < -0.4 is 15.0 Å². The summed E-state index contributed by atoms with van der Waals surface area (Å²) in [5.74, 6) is 0.0499. The summed E-state index contributed by atoms with van der Waals surface area (Å²) in [6.07, 6.45) is -2.30. The molecule has 1 aliphatic rings. The zero-order valence-corrected chi connectivity index (χ0v) is 31.2. The number of carbonyl (C=O) groups excluding carboxylic acids is 2. The predicted molar refractivity (Wildman–Crippen MR) is 189 cm³/mol. The van der Waals surface area contributed by atoms with Crippen LogP contribution in [0.5, 0.6) is 5.75 Å². The van der Waals surface area contributed by atoms with Crippen molar-refractivity contribution < 1.29 is 41.3 Å². The number of nitrogens with one attached hydrogen (secondary N) is 1. The Balaban J connectivity index is 0.000000452. The normalized spacial score (nSPS) is 13.8. The molecule has 3 N–H and O–H groups in total. The number of halogens is 3. The van der Waals surface area contributed by atoms with Crippen LogP contribution in [0.25, 0.3) is 0 Å². The van der Waals surface area contributed by atoms with Gasteiger partial charge in [-0.05, 0) is 76.4 Å². The highest BCUT2D eigenvalue weighted by molar-refractivity contribution is 8.22. The van der Waals surface area contributed by atoms with Crippen LogP contribution in [-0.2, 0) is 20.9 Å². The first-order chi connectivity index (χ1) is 22.9. The largest absolute Gasteiger partial charge is 0.573 e. The fourth-order valence-electron chi connectivity index (χ4n) is 3.88. The highest BCUT2D eigenvalue weighted by Crippen LogP contribution is 2.52. The van der Waals surface area contributed by atoms with Gasteiger partial charge in [-0.2, -0.15) is 4.31 Å². The molecule has 0 saturated carbocycles. The van der Waals surface area contributed by atoms with E-state index in [1.807, 2.05) is 60.6 Å². The Morgan fingerprint density at radius 3 is 1.98 bits per heavy atom. The highest BCUT2D eigenvalue weighted by Gasteiger charge is 2.32. The lowest BCUT2D eigenvalue weighted by Crippen LogP contribution is -2.47. The Kier molecular flexibility index (Phi) is 18.0. The average molecular weight is 734 g/mol. The van der Waals surface area contributed by atoms with Gasteiger partial charge in [0.05, 0.1) is 10.6 Å². The van der Waals surface area contributed by atoms with Gasteiger partial charge in [0.1, 0.15) is 11.4 Å². The van der Waals surface area contributed by atoms with Crippen LogP contribution in [0.4, 0.5) is 18.3 Å². The average Bonchev–Trinajstić information content (AvgIpc) is 3.38. The number of benzene rings is 1. The second-order valence-corrected chi connectivity index (χ2v) is 14.9. The van der Waals surface area contributed by atoms with Gasteiger partial charge in [0.15, 0.2) is 5.13 Å². The first-order valence-electron chi connectivity index (χ1n) is 15.7. The number of thiazole rings is 1. The Morgan fingerprint density at radius 1 is 1.00 bits per heavy atom. The maximum absolute atomic E-state index is 12.2. The van der Waals surface area contributed by atoms with Crippen LogP contribution in [0.3, 0.4) is 0 Å². The molecular formula is C33H50F3N5O6S2. The van der Waals surface area contributed by atoms with Gasteiger partial charge in [-0.25, -0.2) is 4.98 Å². The van der Waals surface area contributed by atoms with Crippen molar-refractivity contribution >= 4 is 40.1 Å². The summed E-state index contributed by atoms with van der Waals surface area (Å²) in [5.41, 5.74) is 2.77. The number of carbonyl (C=O) groups is 2. The van der Waals surface area contributed by atoms with Crippen molar-refractivity contribution in [2.45, 2.75) is 91.6 Å². The van der Waals surface area contributed by atoms with E-state index in [0.29, 0.717) is 51.5 Å². The summed E-state index contributed by atoms with van der Waals surface area (Å²) in [5, 5.41) is 3.50. The maximum Gasteiger partial charge on any atom is 0.573 e. The number of piperazine rings is 1. The quantitative estimate of drug-likeness (QED) is 0.186. The molecule has 1 saturated heterocycles. The monoisotopic (exact) mass is 733 g/mol. The van der Waals surface area contributed by atoms with E-state index >= 15 is 0 Å². The number of pyridine rings is 1. The number of aryl methyl sites for hydroxylation is 2. The molecule has 2 aromatic heterocycles. The lowest BCUT2D eigenvalue weighted by molar-refractivity contribution is -0.274. The smallest absolute Gasteiger partial charge is 0.462 e. The van der Waals surface area contributed by atoms with Crippen molar-refractivity contribution in [3.05, 3.63) is 64.4 Å². The van der Waals surface area contributed by atoms with Gasteiger partial charge in [0, 0.05) is 49.5 Å². The van der Waals surface area contributed by atoms with Crippen LogP contribution in [-0.4, -0.2) is 74.4 Å². The minimum atomic E-state index is -4.78. The zero-order valence-electron chi connectivity index (χ0n) is 29.6. The first-order valence-corrected chi connectivity index (χ1v) is 18.0. The van der Waals surface area contributed by atoms with E-state index in [0.717, 1.165) is 39.1 Å². The summed E-state index contributed by atoms with van der Waals surface area (Å²) in [4.78, 5) is 31.8. The third-order valence-corrected chi connectivity index (χ3v) is 9.61. The number of amides is 1. The van der Waals surface area contributed by atoms with E-state index in [1.54, 1.807) is 21.8 Å². The third-order valence-electron chi connectivity index (χ3n) is 6.49. The number of rotatable bonds is 9. The van der Waals surface area contributed by atoms with Gasteiger partial charge in [-0.3, -0.25) is 23.7 Å². The van der Waals surface area contributed by atoms with Crippen LogP contribution in [0, 0.1) is 13.8 Å². The molecule has 4 rings (SSSR count). The summed E-state index contributed by atoms with van der Waals surface area (Å²) in [6, 6.07) is 8.63. The molecule has 0 atom stereocenters. The number of ether oxygens (including phenoxy) is 2. The van der Waals surface area contributed by atoms with Crippen LogP contribution in [0.1, 0.15) is 76.2 Å². The lowest BCUT2D eigenvalue weighted by atomic mass is 10.1. The van der Waals surface area contributed by atoms with Crippen molar-refractivity contribution in [1.82, 2.24) is 19.6 Å². The second kappa shape index (κ2) is 20.3. The minimum absolute atomic E-state index is 0.159. The molecule has 1 amide bonds. The molecule has 0 aliphatic carbocycles. The molecule has 0 unspecified atom stereocenters. The maximum atomic E-state index is 12.2. The van der Waals surface area contributed by atoms with Crippen LogP contribution in [0.2, 0.25) is 0 Å². The fourth-order valence-corrected chi connectivity index (χ4v) is 6.32. The molecule has 0 radical (unpaired) electrons. The van der Waals surface area contributed by atoms with Crippen molar-refractivity contribution in [2.75, 3.05) is 31.1 Å². The molecule has 1 fully saturated rings. The number of hydrogen-bond acceptors (Lipinski definition) is 11. The van der Waals surface area contributed by atoms with Gasteiger partial charge in [0.25, 0.3) is 6.47 Å². The number of nitrogens with zero attached hydrogens (tertiary/aromatic N) is 4.